The smallest absolute Gasteiger partial charge is 0.153 e. The van der Waals surface area contributed by atoms with E-state index >= 15 is 0 Å². The molecule has 3 rings (SSSR count). The molecule has 106 valence electrons. The zero-order valence-electron chi connectivity index (χ0n) is 10.7. The Morgan fingerprint density at radius 2 is 1.81 bits per heavy atom. The molecule has 0 saturated heterocycles. The summed E-state index contributed by atoms with van der Waals surface area (Å²) in [6, 6.07) is 10.8. The van der Waals surface area contributed by atoms with E-state index in [4.69, 9.17) is 5.73 Å². The van der Waals surface area contributed by atoms with Crippen LogP contribution in [0, 0.1) is 11.6 Å². The fourth-order valence-electron chi connectivity index (χ4n) is 2.15. The molecule has 0 aliphatic heterocycles. The minimum atomic E-state index is -0.395. The van der Waals surface area contributed by atoms with E-state index < -0.39 is 5.82 Å². The number of aromatic nitrogens is 2. The van der Waals surface area contributed by atoms with E-state index in [2.05, 4.69) is 26.1 Å². The molecule has 0 bridgehead atoms. The number of nitrogens with two attached hydrogens (primary N) is 1. The zero-order valence-corrected chi connectivity index (χ0v) is 12.3. The summed E-state index contributed by atoms with van der Waals surface area (Å²) in [5.41, 5.74) is 7.86. The van der Waals surface area contributed by atoms with Crippen molar-refractivity contribution in [2.24, 2.45) is 0 Å². The van der Waals surface area contributed by atoms with Gasteiger partial charge in [0.05, 0.1) is 15.7 Å². The quantitative estimate of drug-likeness (QED) is 0.721. The van der Waals surface area contributed by atoms with Crippen molar-refractivity contribution in [1.29, 1.82) is 0 Å². The predicted molar refractivity (Wildman–Crippen MR) is 81.5 cm³/mol. The van der Waals surface area contributed by atoms with E-state index in [-0.39, 0.29) is 11.6 Å². The van der Waals surface area contributed by atoms with Crippen LogP contribution in [0.3, 0.4) is 0 Å². The van der Waals surface area contributed by atoms with E-state index in [9.17, 15) is 8.78 Å². The Hall–Kier alpha value is -2.21. The Bertz CT molecular complexity index is 814. The molecule has 1 aromatic heterocycles. The monoisotopic (exact) mass is 349 g/mol. The molecule has 0 atom stereocenters. The maximum absolute atomic E-state index is 14.0. The highest BCUT2D eigenvalue weighted by atomic mass is 79.9. The normalized spacial score (nSPS) is 10.8. The summed E-state index contributed by atoms with van der Waals surface area (Å²) in [6.45, 7) is 0. The molecule has 0 spiro atoms. The van der Waals surface area contributed by atoms with Gasteiger partial charge in [-0.25, -0.2) is 8.78 Å². The second-order valence-corrected chi connectivity index (χ2v) is 5.32. The second kappa shape index (κ2) is 5.29. The molecule has 0 aliphatic rings. The number of H-pyrrole nitrogens is 1. The Morgan fingerprint density at radius 3 is 2.52 bits per heavy atom. The molecule has 0 fully saturated rings. The molecule has 1 heterocycles. The minimum absolute atomic E-state index is 0.190. The number of nitrogens with zero attached hydrogens (tertiary/aromatic N) is 1. The average Bonchev–Trinajstić information content (AvgIpc) is 2.84. The highest BCUT2D eigenvalue weighted by molar-refractivity contribution is 9.10. The first kappa shape index (κ1) is 13.8. The number of hydrogen-bond donors (Lipinski definition) is 2. The third kappa shape index (κ3) is 2.42. The van der Waals surface area contributed by atoms with Crippen LogP contribution in [-0.2, 0) is 0 Å². The van der Waals surface area contributed by atoms with Crippen LogP contribution >= 0.6 is 15.9 Å². The van der Waals surface area contributed by atoms with Gasteiger partial charge in [0.25, 0.3) is 0 Å². The van der Waals surface area contributed by atoms with Crippen molar-refractivity contribution in [3.8, 4) is 22.4 Å². The molecular formula is C15H10BrF2N3. The molecule has 0 amide bonds. The van der Waals surface area contributed by atoms with Crippen molar-refractivity contribution in [1.82, 2.24) is 10.2 Å². The summed E-state index contributed by atoms with van der Waals surface area (Å²) < 4.78 is 27.7. The largest absolute Gasteiger partial charge is 0.382 e. The topological polar surface area (TPSA) is 54.7 Å². The number of halogens is 3. The number of nitrogens with one attached hydrogen (secondary N) is 1. The average molecular weight is 350 g/mol. The van der Waals surface area contributed by atoms with Gasteiger partial charge in [-0.2, -0.15) is 5.10 Å². The molecule has 3 N–H and O–H groups in total. The van der Waals surface area contributed by atoms with Gasteiger partial charge in [-0.3, -0.25) is 5.10 Å². The number of hydrogen-bond acceptors (Lipinski definition) is 2. The third-order valence-corrected chi connectivity index (χ3v) is 3.75. The van der Waals surface area contributed by atoms with Gasteiger partial charge in [-0.1, -0.05) is 18.2 Å². The van der Waals surface area contributed by atoms with Crippen LogP contribution in [0.15, 0.2) is 46.9 Å². The van der Waals surface area contributed by atoms with Crippen molar-refractivity contribution in [3.05, 3.63) is 58.6 Å². The Labute approximate surface area is 127 Å². The Morgan fingerprint density at radius 1 is 1.05 bits per heavy atom. The van der Waals surface area contributed by atoms with Gasteiger partial charge < -0.3 is 5.73 Å². The summed E-state index contributed by atoms with van der Waals surface area (Å²) in [7, 11) is 0. The lowest BCUT2D eigenvalue weighted by molar-refractivity contribution is 0.621. The second-order valence-electron chi connectivity index (χ2n) is 4.47. The van der Waals surface area contributed by atoms with E-state index in [0.29, 0.717) is 26.9 Å². The molecular weight excluding hydrogens is 340 g/mol. The van der Waals surface area contributed by atoms with Crippen molar-refractivity contribution in [2.75, 3.05) is 5.73 Å². The standard InChI is InChI=1S/C15H10BrF2N3/c16-10-7-8(5-6-12(10)18)14-13(15(19)21-20-14)9-3-1-2-4-11(9)17/h1-7H,(H3,19,20,21). The number of rotatable bonds is 2. The summed E-state index contributed by atoms with van der Waals surface area (Å²) in [4.78, 5) is 0. The fourth-order valence-corrected chi connectivity index (χ4v) is 2.53. The number of nitrogen functional groups attached to an aromatic ring is 1. The first-order valence-electron chi connectivity index (χ1n) is 6.12. The van der Waals surface area contributed by atoms with E-state index in [1.54, 1.807) is 30.3 Å². The van der Waals surface area contributed by atoms with E-state index in [1.165, 1.54) is 12.1 Å². The summed E-state index contributed by atoms with van der Waals surface area (Å²) in [5, 5.41) is 6.72. The maximum Gasteiger partial charge on any atom is 0.153 e. The lowest BCUT2D eigenvalue weighted by Crippen LogP contribution is -1.91. The first-order valence-corrected chi connectivity index (χ1v) is 6.91. The van der Waals surface area contributed by atoms with Gasteiger partial charge in [-0.05, 0) is 40.2 Å². The minimum Gasteiger partial charge on any atom is -0.382 e. The highest BCUT2D eigenvalue weighted by Crippen LogP contribution is 2.36. The highest BCUT2D eigenvalue weighted by Gasteiger charge is 2.18. The molecule has 21 heavy (non-hydrogen) atoms. The summed E-state index contributed by atoms with van der Waals surface area (Å²) in [5.74, 6) is -0.581. The van der Waals surface area contributed by atoms with Crippen molar-refractivity contribution >= 4 is 21.7 Å². The van der Waals surface area contributed by atoms with Crippen LogP contribution in [-0.4, -0.2) is 10.2 Å². The summed E-state index contributed by atoms with van der Waals surface area (Å²) in [6.07, 6.45) is 0. The van der Waals surface area contributed by atoms with Crippen LogP contribution in [0.2, 0.25) is 0 Å². The zero-order chi connectivity index (χ0) is 15.0. The van der Waals surface area contributed by atoms with Crippen LogP contribution < -0.4 is 5.73 Å². The summed E-state index contributed by atoms with van der Waals surface area (Å²) >= 11 is 3.13. The van der Waals surface area contributed by atoms with Gasteiger partial charge in [0.1, 0.15) is 11.6 Å². The molecule has 6 heteroatoms. The third-order valence-electron chi connectivity index (χ3n) is 3.15. The first-order chi connectivity index (χ1) is 10.1. The molecule has 2 aromatic carbocycles. The molecule has 3 nitrogen and oxygen atoms in total. The fraction of sp³-hybridized carbons (Fsp3) is 0. The molecule has 0 unspecified atom stereocenters. The van der Waals surface area contributed by atoms with Gasteiger partial charge in [0, 0.05) is 11.1 Å². The van der Waals surface area contributed by atoms with Crippen molar-refractivity contribution < 1.29 is 8.78 Å². The van der Waals surface area contributed by atoms with Gasteiger partial charge in [-0.15, -0.1) is 0 Å². The van der Waals surface area contributed by atoms with E-state index in [1.807, 2.05) is 0 Å². The van der Waals surface area contributed by atoms with E-state index in [0.717, 1.165) is 0 Å². The Balaban J connectivity index is 2.22. The van der Waals surface area contributed by atoms with Gasteiger partial charge in [0.2, 0.25) is 0 Å². The van der Waals surface area contributed by atoms with Crippen LogP contribution in [0.1, 0.15) is 0 Å². The van der Waals surface area contributed by atoms with Crippen molar-refractivity contribution in [3.63, 3.8) is 0 Å². The molecule has 3 aromatic rings. The molecule has 0 aliphatic carbocycles. The molecule has 0 saturated carbocycles. The molecule has 0 radical (unpaired) electrons. The van der Waals surface area contributed by atoms with Crippen LogP contribution in [0.25, 0.3) is 22.4 Å². The van der Waals surface area contributed by atoms with Crippen LogP contribution in [0.4, 0.5) is 14.6 Å². The number of benzene rings is 2. The lowest BCUT2D eigenvalue weighted by atomic mass is 10.0. The van der Waals surface area contributed by atoms with Gasteiger partial charge >= 0.3 is 0 Å². The van der Waals surface area contributed by atoms with Crippen molar-refractivity contribution in [2.45, 2.75) is 0 Å². The van der Waals surface area contributed by atoms with Gasteiger partial charge in [0.15, 0.2) is 5.82 Å². The Kier molecular flexibility index (Phi) is 3.47. The lowest BCUT2D eigenvalue weighted by Gasteiger charge is -2.06. The van der Waals surface area contributed by atoms with Crippen LogP contribution in [0.5, 0.6) is 0 Å². The maximum atomic E-state index is 14.0. The predicted octanol–water partition coefficient (Wildman–Crippen LogP) is 4.37. The number of aromatic amines is 1. The number of anilines is 1. The SMILES string of the molecule is Nc1n[nH]c(-c2ccc(F)c(Br)c2)c1-c1ccccc1F.